The van der Waals surface area contributed by atoms with Gasteiger partial charge in [0.05, 0.1) is 5.56 Å². The van der Waals surface area contributed by atoms with Crippen LogP contribution in [0.2, 0.25) is 0 Å². The van der Waals surface area contributed by atoms with E-state index in [1.807, 2.05) is 26.8 Å². The molecule has 0 unspecified atom stereocenters. The lowest BCUT2D eigenvalue weighted by Gasteiger charge is -2.20. The first-order valence-corrected chi connectivity index (χ1v) is 9.19. The third-order valence-electron chi connectivity index (χ3n) is 4.00. The van der Waals surface area contributed by atoms with E-state index >= 15 is 0 Å². The maximum Gasteiger partial charge on any atom is 0.254 e. The van der Waals surface area contributed by atoms with Crippen molar-refractivity contribution in [3.8, 4) is 0 Å². The van der Waals surface area contributed by atoms with Crippen LogP contribution >= 0.6 is 11.3 Å². The minimum atomic E-state index is -0.515. The van der Waals surface area contributed by atoms with Gasteiger partial charge in [0.1, 0.15) is 0 Å². The third kappa shape index (κ3) is 4.92. The summed E-state index contributed by atoms with van der Waals surface area (Å²) in [6, 6.07) is 8.25. The summed E-state index contributed by atoms with van der Waals surface area (Å²) >= 11 is 1.60. The van der Waals surface area contributed by atoms with E-state index in [0.29, 0.717) is 29.9 Å². The summed E-state index contributed by atoms with van der Waals surface area (Å²) in [5, 5.41) is 2.75. The van der Waals surface area contributed by atoms with E-state index in [-0.39, 0.29) is 18.2 Å². The van der Waals surface area contributed by atoms with Crippen molar-refractivity contribution < 1.29 is 14.4 Å². The molecule has 0 aliphatic rings. The Balaban J connectivity index is 1.93. The van der Waals surface area contributed by atoms with Crippen LogP contribution in [0.5, 0.6) is 0 Å². The number of benzene rings is 1. The van der Waals surface area contributed by atoms with Crippen molar-refractivity contribution in [3.05, 3.63) is 51.2 Å². The molecule has 3 N–H and O–H groups in total. The number of nitrogens with zero attached hydrogens (tertiary/aromatic N) is 1. The topological polar surface area (TPSA) is 92.5 Å². The molecule has 7 heteroatoms. The predicted molar refractivity (Wildman–Crippen MR) is 104 cm³/mol. The summed E-state index contributed by atoms with van der Waals surface area (Å²) in [6.07, 6.45) is 0.194. The highest BCUT2D eigenvalue weighted by atomic mass is 32.1. The van der Waals surface area contributed by atoms with Gasteiger partial charge >= 0.3 is 0 Å². The second kappa shape index (κ2) is 8.62. The second-order valence-corrected chi connectivity index (χ2v) is 7.41. The van der Waals surface area contributed by atoms with Crippen LogP contribution in [0.3, 0.4) is 0 Å². The van der Waals surface area contributed by atoms with Crippen LogP contribution in [0.4, 0.5) is 5.69 Å². The zero-order chi connectivity index (χ0) is 19.3. The van der Waals surface area contributed by atoms with Gasteiger partial charge in [0.2, 0.25) is 11.8 Å². The number of carbonyl (C=O) groups excluding carboxylic acids is 3. The third-order valence-corrected chi connectivity index (χ3v) is 4.97. The van der Waals surface area contributed by atoms with E-state index < -0.39 is 5.91 Å². The first-order chi connectivity index (χ1) is 12.3. The van der Waals surface area contributed by atoms with Gasteiger partial charge in [-0.25, -0.2) is 0 Å². The van der Waals surface area contributed by atoms with Crippen molar-refractivity contribution >= 4 is 34.7 Å². The van der Waals surface area contributed by atoms with Crippen LogP contribution in [-0.2, 0) is 4.79 Å². The average Bonchev–Trinajstić information content (AvgIpc) is 2.94. The van der Waals surface area contributed by atoms with Crippen molar-refractivity contribution in [2.75, 3.05) is 18.4 Å². The lowest BCUT2D eigenvalue weighted by atomic mass is 10.2. The minimum absolute atomic E-state index is 0.0482. The Morgan fingerprint density at radius 3 is 2.31 bits per heavy atom. The summed E-state index contributed by atoms with van der Waals surface area (Å²) in [6.45, 7) is 6.68. The van der Waals surface area contributed by atoms with Gasteiger partial charge in [-0.3, -0.25) is 14.4 Å². The van der Waals surface area contributed by atoms with Crippen LogP contribution in [0.25, 0.3) is 0 Å². The summed E-state index contributed by atoms with van der Waals surface area (Å²) < 4.78 is 0. The Morgan fingerprint density at radius 2 is 1.81 bits per heavy atom. The molecule has 1 heterocycles. The van der Waals surface area contributed by atoms with Gasteiger partial charge in [0, 0.05) is 40.5 Å². The van der Waals surface area contributed by atoms with Gasteiger partial charge < -0.3 is 16.0 Å². The number of hydrogen-bond acceptors (Lipinski definition) is 4. The van der Waals surface area contributed by atoms with Gasteiger partial charge in [-0.15, -0.1) is 11.3 Å². The number of hydrogen-bond donors (Lipinski definition) is 2. The quantitative estimate of drug-likeness (QED) is 0.781. The molecule has 3 amide bonds. The number of carbonyl (C=O) groups is 3. The monoisotopic (exact) mass is 373 g/mol. The molecule has 0 spiro atoms. The molecule has 6 nitrogen and oxygen atoms in total. The summed E-state index contributed by atoms with van der Waals surface area (Å²) in [7, 11) is 0. The van der Waals surface area contributed by atoms with Gasteiger partial charge in [-0.2, -0.15) is 0 Å². The van der Waals surface area contributed by atoms with Crippen molar-refractivity contribution in [2.24, 2.45) is 5.73 Å². The highest BCUT2D eigenvalue weighted by Crippen LogP contribution is 2.22. The number of amides is 3. The molecule has 2 aromatic rings. The van der Waals surface area contributed by atoms with Crippen LogP contribution in [0.15, 0.2) is 30.3 Å². The van der Waals surface area contributed by atoms with Crippen LogP contribution < -0.4 is 11.1 Å². The summed E-state index contributed by atoms with van der Waals surface area (Å²) in [4.78, 5) is 39.6. The Kier molecular flexibility index (Phi) is 6.52. The zero-order valence-electron chi connectivity index (χ0n) is 15.2. The normalized spacial score (nSPS) is 10.4. The number of aryl methyl sites for hydroxylation is 2. The molecule has 0 aliphatic carbocycles. The fraction of sp³-hybridized carbons (Fsp3) is 0.316. The molecule has 2 rings (SSSR count). The number of nitrogens with two attached hydrogens (primary N) is 1. The molecule has 1 aromatic carbocycles. The predicted octanol–water partition coefficient (Wildman–Crippen LogP) is 2.95. The van der Waals surface area contributed by atoms with Gasteiger partial charge in [-0.1, -0.05) is 0 Å². The summed E-state index contributed by atoms with van der Waals surface area (Å²) in [5.74, 6) is -0.756. The Hall–Kier alpha value is -2.67. The van der Waals surface area contributed by atoms with Crippen LogP contribution in [-0.4, -0.2) is 35.7 Å². The maximum atomic E-state index is 12.6. The van der Waals surface area contributed by atoms with Gasteiger partial charge in [0.25, 0.3) is 5.91 Å². The lowest BCUT2D eigenvalue weighted by molar-refractivity contribution is -0.116. The van der Waals surface area contributed by atoms with Crippen LogP contribution in [0.1, 0.15) is 43.8 Å². The molecular weight excluding hydrogens is 350 g/mol. The van der Waals surface area contributed by atoms with Gasteiger partial charge in [-0.05, 0) is 51.1 Å². The van der Waals surface area contributed by atoms with E-state index in [4.69, 9.17) is 5.73 Å². The number of anilines is 1. The van der Waals surface area contributed by atoms with Crippen molar-refractivity contribution in [1.82, 2.24) is 4.90 Å². The number of nitrogens with one attached hydrogen (secondary N) is 1. The lowest BCUT2D eigenvalue weighted by Crippen LogP contribution is -2.33. The van der Waals surface area contributed by atoms with Crippen molar-refractivity contribution in [2.45, 2.75) is 27.2 Å². The van der Waals surface area contributed by atoms with E-state index in [0.717, 1.165) is 9.75 Å². The molecule has 0 saturated carbocycles. The Bertz CT molecular complexity index is 812. The molecule has 0 fully saturated rings. The van der Waals surface area contributed by atoms with Crippen LogP contribution in [0, 0.1) is 13.8 Å². The molecule has 1 aromatic heterocycles. The van der Waals surface area contributed by atoms with E-state index in [1.165, 1.54) is 0 Å². The fourth-order valence-corrected chi connectivity index (χ4v) is 3.51. The molecule has 26 heavy (non-hydrogen) atoms. The molecule has 138 valence electrons. The Morgan fingerprint density at radius 1 is 1.15 bits per heavy atom. The van der Waals surface area contributed by atoms with E-state index in [2.05, 4.69) is 5.32 Å². The molecule has 0 saturated heterocycles. The largest absolute Gasteiger partial charge is 0.366 e. The molecular formula is C19H23N3O3S. The van der Waals surface area contributed by atoms with Gasteiger partial charge in [0.15, 0.2) is 0 Å². The zero-order valence-corrected chi connectivity index (χ0v) is 16.0. The number of thiophene rings is 1. The summed E-state index contributed by atoms with van der Waals surface area (Å²) in [5.41, 5.74) is 6.86. The molecule has 0 bridgehead atoms. The van der Waals surface area contributed by atoms with E-state index in [9.17, 15) is 14.4 Å². The molecule has 0 atom stereocenters. The maximum absolute atomic E-state index is 12.6. The second-order valence-electron chi connectivity index (χ2n) is 5.95. The SMILES string of the molecule is CCN(CCC(=O)Nc1ccc(C(N)=O)cc1)C(=O)c1cc(C)sc1C. The number of primary amides is 1. The smallest absolute Gasteiger partial charge is 0.254 e. The Labute approximate surface area is 157 Å². The average molecular weight is 373 g/mol. The first-order valence-electron chi connectivity index (χ1n) is 8.37. The van der Waals surface area contributed by atoms with Crippen molar-refractivity contribution in [1.29, 1.82) is 0 Å². The standard InChI is InChI=1S/C19H23N3O3S/c1-4-22(19(25)16-11-12(2)26-13(16)3)10-9-17(23)21-15-7-5-14(6-8-15)18(20)24/h5-8,11H,4,9-10H2,1-3H3,(H2,20,24)(H,21,23). The highest BCUT2D eigenvalue weighted by molar-refractivity contribution is 7.12. The van der Waals surface area contributed by atoms with E-state index in [1.54, 1.807) is 40.5 Å². The van der Waals surface area contributed by atoms with Crippen molar-refractivity contribution in [3.63, 3.8) is 0 Å². The number of rotatable bonds is 7. The minimum Gasteiger partial charge on any atom is -0.366 e. The first kappa shape index (κ1) is 19.7. The molecule has 0 radical (unpaired) electrons. The highest BCUT2D eigenvalue weighted by Gasteiger charge is 2.19. The fourth-order valence-electron chi connectivity index (χ4n) is 2.59. The molecule has 0 aliphatic heterocycles.